The summed E-state index contributed by atoms with van der Waals surface area (Å²) in [6.07, 6.45) is 0.813. The van der Waals surface area contributed by atoms with E-state index in [9.17, 15) is 9.90 Å². The monoisotopic (exact) mass is 352 g/mol. The molecule has 1 unspecified atom stereocenters. The van der Waals surface area contributed by atoms with Crippen LogP contribution in [-0.2, 0) is 24.2 Å². The van der Waals surface area contributed by atoms with E-state index in [1.807, 2.05) is 67.3 Å². The predicted octanol–water partition coefficient (Wildman–Crippen LogP) is 2.83. The number of nitrogens with zero attached hydrogens (tertiary/aromatic N) is 1. The lowest BCUT2D eigenvalue weighted by atomic mass is 9.84. The average molecular weight is 352 g/mol. The highest BCUT2D eigenvalue weighted by molar-refractivity contribution is 5.82. The first-order valence-electron chi connectivity index (χ1n) is 9.24. The van der Waals surface area contributed by atoms with Crippen LogP contribution in [0.4, 0.5) is 0 Å². The highest BCUT2D eigenvalue weighted by Crippen LogP contribution is 2.29. The molecule has 138 valence electrons. The molecule has 0 radical (unpaired) electrons. The standard InChI is InChI=1S/C22H28N2O2/c1-22(2,13-16-7-9-17(14-23)10-8-16)21(26)24-12-11-18-5-3-4-6-19(18)20(25)15-24/h3-10,20,25H,11-15,23H2,1-2H3. The minimum Gasteiger partial charge on any atom is -0.387 e. The lowest BCUT2D eigenvalue weighted by Crippen LogP contribution is -2.44. The zero-order chi connectivity index (χ0) is 18.7. The van der Waals surface area contributed by atoms with E-state index in [0.717, 1.165) is 28.7 Å². The first-order chi connectivity index (χ1) is 12.4. The summed E-state index contributed by atoms with van der Waals surface area (Å²) in [5.41, 5.74) is 9.41. The Balaban J connectivity index is 1.73. The molecular weight excluding hydrogens is 324 g/mol. The fraction of sp³-hybridized carbons (Fsp3) is 0.409. The van der Waals surface area contributed by atoms with Gasteiger partial charge in [0.2, 0.25) is 5.91 Å². The summed E-state index contributed by atoms with van der Waals surface area (Å²) < 4.78 is 0. The Morgan fingerprint density at radius 1 is 1.15 bits per heavy atom. The lowest BCUT2D eigenvalue weighted by molar-refractivity contribution is -0.141. The molecular formula is C22H28N2O2. The van der Waals surface area contributed by atoms with Crippen molar-refractivity contribution in [1.82, 2.24) is 4.90 Å². The van der Waals surface area contributed by atoms with E-state index in [-0.39, 0.29) is 5.91 Å². The number of nitrogens with two attached hydrogens (primary N) is 1. The second-order valence-corrected chi connectivity index (χ2v) is 7.80. The molecule has 3 N–H and O–H groups in total. The van der Waals surface area contributed by atoms with Gasteiger partial charge >= 0.3 is 0 Å². The number of aliphatic hydroxyl groups excluding tert-OH is 1. The Morgan fingerprint density at radius 2 is 1.81 bits per heavy atom. The van der Waals surface area contributed by atoms with Crippen molar-refractivity contribution in [3.8, 4) is 0 Å². The molecule has 0 saturated heterocycles. The van der Waals surface area contributed by atoms with Crippen molar-refractivity contribution in [1.29, 1.82) is 0 Å². The van der Waals surface area contributed by atoms with E-state index in [4.69, 9.17) is 5.73 Å². The zero-order valence-corrected chi connectivity index (χ0v) is 15.6. The molecule has 1 amide bonds. The summed E-state index contributed by atoms with van der Waals surface area (Å²) in [5, 5.41) is 10.6. The smallest absolute Gasteiger partial charge is 0.228 e. The van der Waals surface area contributed by atoms with Crippen molar-refractivity contribution < 1.29 is 9.90 Å². The molecule has 2 aromatic carbocycles. The number of benzene rings is 2. The van der Waals surface area contributed by atoms with Crippen LogP contribution >= 0.6 is 0 Å². The van der Waals surface area contributed by atoms with Gasteiger partial charge in [-0.2, -0.15) is 0 Å². The third kappa shape index (κ3) is 3.97. The van der Waals surface area contributed by atoms with Gasteiger partial charge < -0.3 is 15.7 Å². The van der Waals surface area contributed by atoms with Crippen LogP contribution in [0.3, 0.4) is 0 Å². The summed E-state index contributed by atoms with van der Waals surface area (Å²) in [4.78, 5) is 15.0. The first-order valence-corrected chi connectivity index (χ1v) is 9.24. The van der Waals surface area contributed by atoms with Gasteiger partial charge in [0.25, 0.3) is 0 Å². The van der Waals surface area contributed by atoms with Crippen molar-refractivity contribution in [3.05, 3.63) is 70.8 Å². The lowest BCUT2D eigenvalue weighted by Gasteiger charge is -2.32. The van der Waals surface area contributed by atoms with Gasteiger partial charge in [0.15, 0.2) is 0 Å². The molecule has 0 fully saturated rings. The van der Waals surface area contributed by atoms with Crippen LogP contribution in [-0.4, -0.2) is 29.0 Å². The number of carbonyl (C=O) groups excluding carboxylic acids is 1. The van der Waals surface area contributed by atoms with Crippen LogP contribution in [0.5, 0.6) is 0 Å². The summed E-state index contributed by atoms with van der Waals surface area (Å²) in [6.45, 7) is 5.48. The topological polar surface area (TPSA) is 66.6 Å². The SMILES string of the molecule is CC(C)(Cc1ccc(CN)cc1)C(=O)N1CCc2ccccc2C(O)C1. The maximum absolute atomic E-state index is 13.2. The number of hydrogen-bond acceptors (Lipinski definition) is 3. The Morgan fingerprint density at radius 3 is 2.50 bits per heavy atom. The zero-order valence-electron chi connectivity index (χ0n) is 15.6. The number of hydrogen-bond donors (Lipinski definition) is 2. The Kier molecular flexibility index (Phi) is 5.44. The van der Waals surface area contributed by atoms with Crippen LogP contribution in [0.15, 0.2) is 48.5 Å². The summed E-state index contributed by atoms with van der Waals surface area (Å²) in [7, 11) is 0. The number of β-amino-alcohol motifs (C(OH)–C–C–N with tert-alkyl or cyclic N) is 1. The largest absolute Gasteiger partial charge is 0.387 e. The molecule has 1 aliphatic rings. The van der Waals surface area contributed by atoms with Crippen molar-refractivity contribution in [2.24, 2.45) is 11.1 Å². The van der Waals surface area contributed by atoms with E-state index in [1.165, 1.54) is 0 Å². The fourth-order valence-corrected chi connectivity index (χ4v) is 3.73. The van der Waals surface area contributed by atoms with Gasteiger partial charge in [-0.3, -0.25) is 4.79 Å². The van der Waals surface area contributed by atoms with Crippen molar-refractivity contribution in [2.75, 3.05) is 13.1 Å². The molecule has 0 saturated carbocycles. The van der Waals surface area contributed by atoms with Crippen molar-refractivity contribution in [2.45, 2.75) is 39.3 Å². The minimum atomic E-state index is -0.628. The van der Waals surface area contributed by atoms with Crippen LogP contribution in [0, 0.1) is 5.41 Å². The molecule has 0 aliphatic carbocycles. The maximum Gasteiger partial charge on any atom is 0.228 e. The van der Waals surface area contributed by atoms with Gasteiger partial charge in [-0.15, -0.1) is 0 Å². The molecule has 2 aromatic rings. The molecule has 4 heteroatoms. The molecule has 1 atom stereocenters. The second-order valence-electron chi connectivity index (χ2n) is 7.80. The Bertz CT molecular complexity index is 768. The quantitative estimate of drug-likeness (QED) is 0.889. The molecule has 4 nitrogen and oxygen atoms in total. The normalized spacial score (nSPS) is 17.5. The number of rotatable bonds is 4. The van der Waals surface area contributed by atoms with Gasteiger partial charge in [-0.1, -0.05) is 62.4 Å². The third-order valence-electron chi connectivity index (χ3n) is 5.23. The summed E-state index contributed by atoms with van der Waals surface area (Å²) >= 11 is 0. The van der Waals surface area contributed by atoms with E-state index in [1.54, 1.807) is 0 Å². The van der Waals surface area contributed by atoms with Crippen LogP contribution in [0.25, 0.3) is 0 Å². The van der Waals surface area contributed by atoms with E-state index in [0.29, 0.717) is 26.1 Å². The molecule has 1 heterocycles. The van der Waals surface area contributed by atoms with Crippen LogP contribution in [0.2, 0.25) is 0 Å². The molecule has 3 rings (SSSR count). The Labute approximate surface area is 155 Å². The number of fused-ring (bicyclic) bond motifs is 1. The number of aliphatic hydroxyl groups is 1. The minimum absolute atomic E-state index is 0.0901. The fourth-order valence-electron chi connectivity index (χ4n) is 3.73. The molecule has 1 aliphatic heterocycles. The van der Waals surface area contributed by atoms with E-state index < -0.39 is 11.5 Å². The van der Waals surface area contributed by atoms with Gasteiger partial charge in [-0.25, -0.2) is 0 Å². The highest BCUT2D eigenvalue weighted by Gasteiger charge is 2.34. The maximum atomic E-state index is 13.2. The first kappa shape index (κ1) is 18.6. The summed E-state index contributed by atoms with van der Waals surface area (Å²) in [6, 6.07) is 16.0. The second kappa shape index (κ2) is 7.60. The third-order valence-corrected chi connectivity index (χ3v) is 5.23. The van der Waals surface area contributed by atoms with Gasteiger partial charge in [0.1, 0.15) is 0 Å². The van der Waals surface area contributed by atoms with Gasteiger partial charge in [0.05, 0.1) is 12.6 Å². The van der Waals surface area contributed by atoms with Crippen molar-refractivity contribution in [3.63, 3.8) is 0 Å². The number of carbonyl (C=O) groups is 1. The molecule has 0 aromatic heterocycles. The molecule has 26 heavy (non-hydrogen) atoms. The van der Waals surface area contributed by atoms with Crippen molar-refractivity contribution >= 4 is 5.91 Å². The van der Waals surface area contributed by atoms with E-state index in [2.05, 4.69) is 0 Å². The Hall–Kier alpha value is -2.17. The van der Waals surface area contributed by atoms with E-state index >= 15 is 0 Å². The van der Waals surface area contributed by atoms with Gasteiger partial charge in [0, 0.05) is 18.5 Å². The number of amides is 1. The van der Waals surface area contributed by atoms with Crippen LogP contribution in [0.1, 0.15) is 42.2 Å². The summed E-state index contributed by atoms with van der Waals surface area (Å²) in [5.74, 6) is 0.0901. The average Bonchev–Trinajstić information content (AvgIpc) is 2.81. The van der Waals surface area contributed by atoms with Gasteiger partial charge in [-0.05, 0) is 35.1 Å². The highest BCUT2D eigenvalue weighted by atomic mass is 16.3. The van der Waals surface area contributed by atoms with Crippen LogP contribution < -0.4 is 5.73 Å². The molecule has 0 spiro atoms. The predicted molar refractivity (Wildman–Crippen MR) is 104 cm³/mol. The molecule has 0 bridgehead atoms.